The van der Waals surface area contributed by atoms with Crippen LogP contribution in [0.1, 0.15) is 28.4 Å². The van der Waals surface area contributed by atoms with Crippen molar-refractivity contribution in [3.8, 4) is 11.5 Å². The van der Waals surface area contributed by atoms with Crippen molar-refractivity contribution in [1.29, 1.82) is 0 Å². The Morgan fingerprint density at radius 2 is 1.52 bits per heavy atom. The molecule has 3 rings (SSSR count). The lowest BCUT2D eigenvalue weighted by Gasteiger charge is -2.34. The largest absolute Gasteiger partial charge is 0.497 e. The average Bonchev–Trinajstić information content (AvgIpc) is 2.78. The molecule has 156 valence electrons. The number of rotatable bonds is 8. The zero-order chi connectivity index (χ0) is 20.6. The van der Waals surface area contributed by atoms with Crippen LogP contribution in [0.5, 0.6) is 11.5 Å². The number of benzene rings is 2. The summed E-state index contributed by atoms with van der Waals surface area (Å²) in [5.41, 5.74) is 2.93. The van der Waals surface area contributed by atoms with Gasteiger partial charge in [0, 0.05) is 50.9 Å². The van der Waals surface area contributed by atoms with Crippen LogP contribution in [0.2, 0.25) is 0 Å². The van der Waals surface area contributed by atoms with Gasteiger partial charge in [-0.05, 0) is 29.8 Å². The van der Waals surface area contributed by atoms with Crippen LogP contribution < -0.4 is 14.8 Å². The molecule has 29 heavy (non-hydrogen) atoms. The highest BCUT2D eigenvalue weighted by Crippen LogP contribution is 2.22. The average molecular weight is 398 g/mol. The smallest absolute Gasteiger partial charge is 0.251 e. The third kappa shape index (κ3) is 5.71. The van der Waals surface area contributed by atoms with Gasteiger partial charge in [-0.1, -0.05) is 31.2 Å². The van der Waals surface area contributed by atoms with Gasteiger partial charge in [0.25, 0.3) is 5.91 Å². The molecule has 6 heteroatoms. The maximum Gasteiger partial charge on any atom is 0.251 e. The van der Waals surface area contributed by atoms with Crippen molar-refractivity contribution in [3.05, 3.63) is 59.2 Å². The molecule has 1 heterocycles. The molecule has 1 N–H and O–H groups in total. The van der Waals surface area contributed by atoms with Crippen molar-refractivity contribution in [1.82, 2.24) is 15.1 Å². The number of hydrogen-bond acceptors (Lipinski definition) is 5. The van der Waals surface area contributed by atoms with E-state index in [1.807, 2.05) is 6.07 Å². The van der Waals surface area contributed by atoms with Crippen LogP contribution in [-0.2, 0) is 13.1 Å². The molecule has 0 spiro atoms. The Balaban J connectivity index is 1.63. The third-order valence-corrected chi connectivity index (χ3v) is 5.48. The molecule has 2 aromatic carbocycles. The van der Waals surface area contributed by atoms with E-state index in [1.54, 1.807) is 32.4 Å². The van der Waals surface area contributed by atoms with Crippen molar-refractivity contribution in [3.63, 3.8) is 0 Å². The number of nitrogens with zero attached hydrogens (tertiary/aromatic N) is 2. The number of carbonyl (C=O) groups is 1. The molecule has 1 aliphatic rings. The summed E-state index contributed by atoms with van der Waals surface area (Å²) in [6.07, 6.45) is 0. The Morgan fingerprint density at radius 3 is 2.10 bits per heavy atom. The molecule has 0 aliphatic carbocycles. The van der Waals surface area contributed by atoms with E-state index < -0.39 is 0 Å². The maximum absolute atomic E-state index is 12.7. The van der Waals surface area contributed by atoms with Crippen LogP contribution in [0.3, 0.4) is 0 Å². The molecule has 1 aliphatic heterocycles. The molecule has 1 amide bonds. The van der Waals surface area contributed by atoms with Crippen molar-refractivity contribution < 1.29 is 14.3 Å². The number of piperazine rings is 1. The fraction of sp³-hybridized carbons (Fsp3) is 0.435. The van der Waals surface area contributed by atoms with Crippen LogP contribution >= 0.6 is 0 Å². The topological polar surface area (TPSA) is 54.0 Å². The standard InChI is InChI=1S/C23H31N3O3/c1-4-25-9-11-26(12-10-25)17-19-8-6-5-7-18(19)16-24-23(27)20-13-21(28-2)15-22(14-20)29-3/h5-8,13-15H,4,9-12,16-17H2,1-3H3,(H,24,27). The van der Waals surface area contributed by atoms with E-state index in [2.05, 4.69) is 40.2 Å². The van der Waals surface area contributed by atoms with Crippen LogP contribution in [0.15, 0.2) is 42.5 Å². The number of amides is 1. The van der Waals surface area contributed by atoms with E-state index >= 15 is 0 Å². The molecule has 1 fully saturated rings. The summed E-state index contributed by atoms with van der Waals surface area (Å²) in [6.45, 7) is 9.13. The van der Waals surface area contributed by atoms with Crippen molar-refractivity contribution in [2.24, 2.45) is 0 Å². The lowest BCUT2D eigenvalue weighted by atomic mass is 10.1. The van der Waals surface area contributed by atoms with Gasteiger partial charge in [-0.25, -0.2) is 0 Å². The van der Waals surface area contributed by atoms with Crippen molar-refractivity contribution >= 4 is 5.91 Å². The minimum atomic E-state index is -0.145. The molecular weight excluding hydrogens is 366 g/mol. The first-order valence-corrected chi connectivity index (χ1v) is 10.2. The molecule has 6 nitrogen and oxygen atoms in total. The number of carbonyl (C=O) groups excluding carboxylic acids is 1. The Kier molecular flexibility index (Phi) is 7.49. The molecule has 0 atom stereocenters. The molecule has 0 bridgehead atoms. The van der Waals surface area contributed by atoms with Crippen LogP contribution in [0.4, 0.5) is 0 Å². The minimum absolute atomic E-state index is 0.145. The molecule has 0 radical (unpaired) electrons. The Bertz CT molecular complexity index is 795. The van der Waals surface area contributed by atoms with Gasteiger partial charge in [0.2, 0.25) is 0 Å². The number of methoxy groups -OCH3 is 2. The van der Waals surface area contributed by atoms with E-state index in [9.17, 15) is 4.79 Å². The normalized spacial score (nSPS) is 15.1. The first kappa shape index (κ1) is 21.1. The summed E-state index contributed by atoms with van der Waals surface area (Å²) in [4.78, 5) is 17.6. The number of nitrogens with one attached hydrogen (secondary N) is 1. The molecule has 2 aromatic rings. The van der Waals surface area contributed by atoms with Gasteiger partial charge in [0.1, 0.15) is 11.5 Å². The number of ether oxygens (including phenoxy) is 2. The van der Waals surface area contributed by atoms with Crippen LogP contribution in [-0.4, -0.2) is 62.7 Å². The van der Waals surface area contributed by atoms with E-state index in [1.165, 1.54) is 5.56 Å². The predicted molar refractivity (Wildman–Crippen MR) is 115 cm³/mol. The fourth-order valence-electron chi connectivity index (χ4n) is 3.60. The summed E-state index contributed by atoms with van der Waals surface area (Å²) in [7, 11) is 3.15. The third-order valence-electron chi connectivity index (χ3n) is 5.48. The van der Waals surface area contributed by atoms with Gasteiger partial charge in [-0.15, -0.1) is 0 Å². The molecule has 0 unspecified atom stereocenters. The first-order chi connectivity index (χ1) is 14.1. The Labute approximate surface area is 173 Å². The van der Waals surface area contributed by atoms with Gasteiger partial charge in [0.15, 0.2) is 0 Å². The quantitative estimate of drug-likeness (QED) is 0.742. The monoisotopic (exact) mass is 397 g/mol. The molecule has 1 saturated heterocycles. The van der Waals surface area contributed by atoms with Crippen molar-refractivity contribution in [2.45, 2.75) is 20.0 Å². The molecular formula is C23H31N3O3. The Morgan fingerprint density at radius 1 is 0.931 bits per heavy atom. The van der Waals surface area contributed by atoms with Gasteiger partial charge in [0.05, 0.1) is 14.2 Å². The second-order valence-corrected chi connectivity index (χ2v) is 7.26. The summed E-state index contributed by atoms with van der Waals surface area (Å²) >= 11 is 0. The zero-order valence-corrected chi connectivity index (χ0v) is 17.6. The van der Waals surface area contributed by atoms with E-state index in [4.69, 9.17) is 9.47 Å². The van der Waals surface area contributed by atoms with Gasteiger partial charge in [-0.3, -0.25) is 9.69 Å². The SMILES string of the molecule is CCN1CCN(Cc2ccccc2CNC(=O)c2cc(OC)cc(OC)c2)CC1. The highest BCUT2D eigenvalue weighted by molar-refractivity contribution is 5.95. The van der Waals surface area contributed by atoms with Gasteiger partial charge < -0.3 is 19.7 Å². The van der Waals surface area contributed by atoms with Crippen LogP contribution in [0.25, 0.3) is 0 Å². The summed E-state index contributed by atoms with van der Waals surface area (Å²) in [5.74, 6) is 1.05. The second-order valence-electron chi connectivity index (χ2n) is 7.26. The minimum Gasteiger partial charge on any atom is -0.497 e. The van der Waals surface area contributed by atoms with E-state index in [0.717, 1.165) is 44.8 Å². The van der Waals surface area contributed by atoms with Gasteiger partial charge >= 0.3 is 0 Å². The zero-order valence-electron chi connectivity index (χ0n) is 17.6. The lowest BCUT2D eigenvalue weighted by Crippen LogP contribution is -2.45. The Hall–Kier alpha value is -2.57. The number of hydrogen-bond donors (Lipinski definition) is 1. The van der Waals surface area contributed by atoms with Gasteiger partial charge in [-0.2, -0.15) is 0 Å². The number of likely N-dealkylation sites (N-methyl/N-ethyl adjacent to an activating group) is 1. The van der Waals surface area contributed by atoms with Crippen molar-refractivity contribution in [2.75, 3.05) is 46.9 Å². The predicted octanol–water partition coefficient (Wildman–Crippen LogP) is 2.77. The molecule has 0 aromatic heterocycles. The highest BCUT2D eigenvalue weighted by atomic mass is 16.5. The van der Waals surface area contributed by atoms with E-state index in [0.29, 0.717) is 23.6 Å². The molecule has 0 saturated carbocycles. The summed E-state index contributed by atoms with van der Waals surface area (Å²) < 4.78 is 10.5. The van der Waals surface area contributed by atoms with E-state index in [-0.39, 0.29) is 5.91 Å². The second kappa shape index (κ2) is 10.3. The van der Waals surface area contributed by atoms with Crippen LogP contribution in [0, 0.1) is 0 Å². The highest BCUT2D eigenvalue weighted by Gasteiger charge is 2.17. The summed E-state index contributed by atoms with van der Waals surface area (Å²) in [6, 6.07) is 13.5. The maximum atomic E-state index is 12.7. The first-order valence-electron chi connectivity index (χ1n) is 10.2. The summed E-state index contributed by atoms with van der Waals surface area (Å²) in [5, 5.41) is 3.03. The lowest BCUT2D eigenvalue weighted by molar-refractivity contribution is 0.0950. The fourth-order valence-corrected chi connectivity index (χ4v) is 3.60.